The number of carboxylic acid groups (broad SMARTS) is 1. The van der Waals surface area contributed by atoms with Crippen molar-refractivity contribution in [3.63, 3.8) is 0 Å². The molecule has 1 aliphatic heterocycles. The molecule has 1 fully saturated rings. The van der Waals surface area contributed by atoms with Crippen molar-refractivity contribution in [2.24, 2.45) is 0 Å². The van der Waals surface area contributed by atoms with Crippen LogP contribution in [0, 0.1) is 10.5 Å². The first-order valence-electron chi connectivity index (χ1n) is 6.36. The standard InChI is InChI=1S/C14H16INO4/c1-9-3-2-4-11(13(9)15)14(19)16-5-6-20-8-10(16)7-12(17)18/h2-4,10H,5-8H2,1H3,(H,17,18). The number of halogens is 1. The summed E-state index contributed by atoms with van der Waals surface area (Å²) >= 11 is 2.15. The van der Waals surface area contributed by atoms with Gasteiger partial charge in [-0.25, -0.2) is 0 Å². The largest absolute Gasteiger partial charge is 0.481 e. The molecular formula is C14H16INO4. The Hall–Kier alpha value is -1.15. The summed E-state index contributed by atoms with van der Waals surface area (Å²) < 4.78 is 6.21. The van der Waals surface area contributed by atoms with E-state index in [9.17, 15) is 9.59 Å². The fraction of sp³-hybridized carbons (Fsp3) is 0.429. The first-order valence-corrected chi connectivity index (χ1v) is 7.44. The van der Waals surface area contributed by atoms with Crippen molar-refractivity contribution in [1.82, 2.24) is 4.90 Å². The van der Waals surface area contributed by atoms with Gasteiger partial charge < -0.3 is 14.7 Å². The molecule has 2 rings (SSSR count). The molecule has 1 atom stereocenters. The number of ether oxygens (including phenoxy) is 1. The minimum absolute atomic E-state index is 0.0892. The third-order valence-corrected chi connectivity index (χ3v) is 4.75. The highest BCUT2D eigenvalue weighted by molar-refractivity contribution is 14.1. The molecular weight excluding hydrogens is 373 g/mol. The van der Waals surface area contributed by atoms with Crippen molar-refractivity contribution in [3.8, 4) is 0 Å². The lowest BCUT2D eigenvalue weighted by Gasteiger charge is -2.35. The van der Waals surface area contributed by atoms with E-state index in [-0.39, 0.29) is 18.9 Å². The van der Waals surface area contributed by atoms with Crippen LogP contribution in [0.2, 0.25) is 0 Å². The third kappa shape index (κ3) is 3.29. The van der Waals surface area contributed by atoms with E-state index in [0.717, 1.165) is 9.13 Å². The number of aryl methyl sites for hydroxylation is 1. The zero-order valence-electron chi connectivity index (χ0n) is 11.1. The van der Waals surface area contributed by atoms with Crippen molar-refractivity contribution in [2.45, 2.75) is 19.4 Å². The molecule has 20 heavy (non-hydrogen) atoms. The second-order valence-corrected chi connectivity index (χ2v) is 5.84. The maximum atomic E-state index is 12.6. The quantitative estimate of drug-likeness (QED) is 0.803. The van der Waals surface area contributed by atoms with E-state index in [4.69, 9.17) is 9.84 Å². The zero-order chi connectivity index (χ0) is 14.7. The molecule has 1 aromatic rings. The second kappa shape index (κ2) is 6.53. The van der Waals surface area contributed by atoms with E-state index in [2.05, 4.69) is 22.6 Å². The number of hydrogen-bond acceptors (Lipinski definition) is 3. The molecule has 0 radical (unpaired) electrons. The number of carbonyl (C=O) groups is 2. The van der Waals surface area contributed by atoms with Crippen LogP contribution < -0.4 is 0 Å². The number of carboxylic acids is 1. The van der Waals surface area contributed by atoms with Crippen LogP contribution in [-0.4, -0.2) is 47.7 Å². The highest BCUT2D eigenvalue weighted by atomic mass is 127. The number of amides is 1. The van der Waals surface area contributed by atoms with Crippen molar-refractivity contribution in [1.29, 1.82) is 0 Å². The topological polar surface area (TPSA) is 66.8 Å². The van der Waals surface area contributed by atoms with Gasteiger partial charge >= 0.3 is 5.97 Å². The third-order valence-electron chi connectivity index (χ3n) is 3.32. The van der Waals surface area contributed by atoms with Gasteiger partial charge in [0.15, 0.2) is 0 Å². The fourth-order valence-corrected chi connectivity index (χ4v) is 2.85. The van der Waals surface area contributed by atoms with Gasteiger partial charge in [0.25, 0.3) is 5.91 Å². The first-order chi connectivity index (χ1) is 9.50. The molecule has 1 aromatic carbocycles. The molecule has 1 N–H and O–H groups in total. The fourth-order valence-electron chi connectivity index (χ4n) is 2.26. The number of carbonyl (C=O) groups excluding carboxylic acids is 1. The molecule has 1 amide bonds. The van der Waals surface area contributed by atoms with Gasteiger partial charge in [-0.15, -0.1) is 0 Å². The molecule has 1 saturated heterocycles. The van der Waals surface area contributed by atoms with Crippen LogP contribution in [0.1, 0.15) is 22.3 Å². The summed E-state index contributed by atoms with van der Waals surface area (Å²) in [5.41, 5.74) is 1.67. The first kappa shape index (κ1) is 15.2. The van der Waals surface area contributed by atoms with Crippen LogP contribution >= 0.6 is 22.6 Å². The van der Waals surface area contributed by atoms with Crippen molar-refractivity contribution in [2.75, 3.05) is 19.8 Å². The predicted molar refractivity (Wildman–Crippen MR) is 81.8 cm³/mol. The molecule has 108 valence electrons. The normalized spacial score (nSPS) is 18.9. The van der Waals surface area contributed by atoms with Gasteiger partial charge in [0, 0.05) is 10.1 Å². The van der Waals surface area contributed by atoms with Crippen LogP contribution in [0.25, 0.3) is 0 Å². The highest BCUT2D eigenvalue weighted by Gasteiger charge is 2.30. The van der Waals surface area contributed by atoms with Gasteiger partial charge in [0.1, 0.15) is 0 Å². The smallest absolute Gasteiger partial charge is 0.305 e. The molecule has 0 bridgehead atoms. The van der Waals surface area contributed by atoms with Gasteiger partial charge in [-0.1, -0.05) is 12.1 Å². The molecule has 1 aliphatic rings. The summed E-state index contributed by atoms with van der Waals surface area (Å²) in [5, 5.41) is 8.94. The maximum Gasteiger partial charge on any atom is 0.305 e. The van der Waals surface area contributed by atoms with Gasteiger partial charge in [-0.2, -0.15) is 0 Å². The lowest BCUT2D eigenvalue weighted by Crippen LogP contribution is -2.49. The lowest BCUT2D eigenvalue weighted by molar-refractivity contribution is -0.139. The van der Waals surface area contributed by atoms with Crippen molar-refractivity contribution < 1.29 is 19.4 Å². The Morgan fingerprint density at radius 3 is 2.95 bits per heavy atom. The molecule has 0 saturated carbocycles. The molecule has 0 aliphatic carbocycles. The Morgan fingerprint density at radius 2 is 2.25 bits per heavy atom. The molecule has 6 heteroatoms. The SMILES string of the molecule is Cc1cccc(C(=O)N2CCOCC2CC(=O)O)c1I. The number of nitrogens with zero attached hydrogens (tertiary/aromatic N) is 1. The van der Waals surface area contributed by atoms with Crippen LogP contribution in [0.4, 0.5) is 0 Å². The van der Waals surface area contributed by atoms with E-state index >= 15 is 0 Å². The van der Waals surface area contributed by atoms with E-state index in [1.165, 1.54) is 0 Å². The highest BCUT2D eigenvalue weighted by Crippen LogP contribution is 2.21. The minimum atomic E-state index is -0.919. The summed E-state index contributed by atoms with van der Waals surface area (Å²) in [4.78, 5) is 25.2. The molecule has 5 nitrogen and oxygen atoms in total. The molecule has 0 spiro atoms. The molecule has 1 unspecified atom stereocenters. The van der Waals surface area contributed by atoms with E-state index in [0.29, 0.717) is 18.7 Å². The number of benzene rings is 1. The van der Waals surface area contributed by atoms with E-state index < -0.39 is 12.0 Å². The average molecular weight is 389 g/mol. The van der Waals surface area contributed by atoms with Crippen LogP contribution in [-0.2, 0) is 9.53 Å². The van der Waals surface area contributed by atoms with Gasteiger partial charge in [-0.3, -0.25) is 9.59 Å². The summed E-state index contributed by atoms with van der Waals surface area (Å²) in [5.74, 6) is -1.04. The van der Waals surface area contributed by atoms with E-state index in [1.807, 2.05) is 19.1 Å². The Bertz CT molecular complexity index is 532. The lowest BCUT2D eigenvalue weighted by atomic mass is 10.1. The van der Waals surface area contributed by atoms with Crippen molar-refractivity contribution >= 4 is 34.5 Å². The summed E-state index contributed by atoms with van der Waals surface area (Å²) in [6.45, 7) is 3.11. The van der Waals surface area contributed by atoms with Gasteiger partial charge in [-0.05, 0) is 41.1 Å². The summed E-state index contributed by atoms with van der Waals surface area (Å²) in [6.07, 6.45) is -0.0892. The summed E-state index contributed by atoms with van der Waals surface area (Å²) in [7, 11) is 0. The van der Waals surface area contributed by atoms with Crippen LogP contribution in [0.5, 0.6) is 0 Å². The van der Waals surface area contributed by atoms with Crippen LogP contribution in [0.15, 0.2) is 18.2 Å². The second-order valence-electron chi connectivity index (χ2n) is 4.76. The Labute approximate surface area is 131 Å². The van der Waals surface area contributed by atoms with Gasteiger partial charge in [0.05, 0.1) is 31.2 Å². The average Bonchev–Trinajstić information content (AvgIpc) is 2.41. The number of morpholine rings is 1. The predicted octanol–water partition coefficient (Wildman–Crippen LogP) is 1.92. The summed E-state index contributed by atoms with van der Waals surface area (Å²) in [6, 6.07) is 5.18. The zero-order valence-corrected chi connectivity index (χ0v) is 13.3. The maximum absolute atomic E-state index is 12.6. The Kier molecular flexibility index (Phi) is 4.98. The number of rotatable bonds is 3. The molecule has 1 heterocycles. The van der Waals surface area contributed by atoms with E-state index in [1.54, 1.807) is 11.0 Å². The van der Waals surface area contributed by atoms with Crippen LogP contribution in [0.3, 0.4) is 0 Å². The van der Waals surface area contributed by atoms with Crippen molar-refractivity contribution in [3.05, 3.63) is 32.9 Å². The van der Waals surface area contributed by atoms with Gasteiger partial charge in [0.2, 0.25) is 0 Å². The monoisotopic (exact) mass is 389 g/mol. The molecule has 0 aromatic heterocycles. The number of aliphatic carboxylic acids is 1. The number of hydrogen-bond donors (Lipinski definition) is 1. The Balaban J connectivity index is 2.25. The minimum Gasteiger partial charge on any atom is -0.481 e. The Morgan fingerprint density at radius 1 is 1.50 bits per heavy atom.